The van der Waals surface area contributed by atoms with Crippen LogP contribution in [0.4, 0.5) is 0 Å². The van der Waals surface area contributed by atoms with Gasteiger partial charge in [0, 0.05) is 23.5 Å². The molecule has 2 N–H and O–H groups in total. The van der Waals surface area contributed by atoms with E-state index in [1.807, 2.05) is 0 Å². The second kappa shape index (κ2) is 12.6. The average molecular weight is 517 g/mol. The molecule has 0 bridgehead atoms. The highest BCUT2D eigenvalue weighted by Crippen LogP contribution is 2.32. The number of nitrogens with one attached hydrogen (secondary N) is 1. The van der Waals surface area contributed by atoms with E-state index in [1.165, 1.54) is 57.5 Å². The second-order valence-electron chi connectivity index (χ2n) is 11.5. The van der Waals surface area contributed by atoms with Gasteiger partial charge in [-0.3, -0.25) is 0 Å². The Morgan fingerprint density at radius 2 is 1.70 bits per heavy atom. The minimum atomic E-state index is -0.422. The van der Waals surface area contributed by atoms with E-state index < -0.39 is 6.10 Å². The van der Waals surface area contributed by atoms with Gasteiger partial charge in [0.25, 0.3) is 0 Å². The molecule has 0 saturated carbocycles. The van der Waals surface area contributed by atoms with Crippen LogP contribution in [0.3, 0.4) is 0 Å². The van der Waals surface area contributed by atoms with Crippen LogP contribution >= 0.6 is 11.9 Å². The molecule has 1 aliphatic rings. The monoisotopic (exact) mass is 516 g/mol. The van der Waals surface area contributed by atoms with Gasteiger partial charge in [0.15, 0.2) is 0 Å². The highest BCUT2D eigenvalue weighted by Gasteiger charge is 2.28. The lowest BCUT2D eigenvalue weighted by Crippen LogP contribution is -2.46. The number of hydrogen-bond donors (Lipinski definition) is 2. The maximum atomic E-state index is 10.8. The minimum absolute atomic E-state index is 0.00144. The normalized spacial score (nSPS) is 14.8. The van der Waals surface area contributed by atoms with Crippen LogP contribution < -0.4 is 5.32 Å². The first kappa shape index (κ1) is 27.9. The largest absolute Gasteiger partial charge is 0.390 e. The number of fused-ring (bicyclic) bond motifs is 1. The summed E-state index contributed by atoms with van der Waals surface area (Å²) in [5.74, 6) is 0.675. The van der Waals surface area contributed by atoms with E-state index in [-0.39, 0.29) is 5.54 Å². The quantitative estimate of drug-likeness (QED) is 0.252. The zero-order chi connectivity index (χ0) is 26.4. The van der Waals surface area contributed by atoms with E-state index in [4.69, 9.17) is 0 Å². The molecule has 0 aliphatic heterocycles. The molecule has 198 valence electrons. The first-order valence-electron chi connectivity index (χ1n) is 13.8. The summed E-state index contributed by atoms with van der Waals surface area (Å²) in [6.07, 6.45) is 5.35. The van der Waals surface area contributed by atoms with Gasteiger partial charge in [-0.2, -0.15) is 0 Å². The Kier molecular flexibility index (Phi) is 9.52. The topological polar surface area (TPSA) is 35.5 Å². The second-order valence-corrected chi connectivity index (χ2v) is 12.8. The highest BCUT2D eigenvalue weighted by atomic mass is 32.2. The van der Waals surface area contributed by atoms with Gasteiger partial charge in [-0.25, -0.2) is 4.31 Å². The number of β-amino-alcohol motifs (C(OH)–C–C–N with tert-alkyl or cyclic N) is 1. The van der Waals surface area contributed by atoms with Crippen LogP contribution in [0.15, 0.2) is 71.6 Å². The lowest BCUT2D eigenvalue weighted by atomic mass is 9.88. The van der Waals surface area contributed by atoms with Gasteiger partial charge in [-0.15, -0.1) is 0 Å². The molecule has 0 fully saturated rings. The predicted octanol–water partition coefficient (Wildman–Crippen LogP) is 7.09. The summed E-state index contributed by atoms with van der Waals surface area (Å²) in [7, 11) is 2.06. The predicted molar refractivity (Wildman–Crippen MR) is 159 cm³/mol. The number of benzene rings is 3. The van der Waals surface area contributed by atoms with Gasteiger partial charge in [-0.1, -0.05) is 67.9 Å². The van der Waals surface area contributed by atoms with E-state index in [2.05, 4.69) is 111 Å². The first-order chi connectivity index (χ1) is 17.7. The lowest BCUT2D eigenvalue weighted by molar-refractivity contribution is 0.138. The Morgan fingerprint density at radius 3 is 2.38 bits per heavy atom. The maximum absolute atomic E-state index is 10.8. The number of hydrogen-bond acceptors (Lipinski definition) is 4. The summed E-state index contributed by atoms with van der Waals surface area (Å²) in [5, 5.41) is 14.4. The van der Waals surface area contributed by atoms with E-state index in [1.54, 1.807) is 11.9 Å². The lowest BCUT2D eigenvalue weighted by Gasteiger charge is -2.31. The Bertz CT molecular complexity index is 1150. The molecule has 1 aliphatic carbocycles. The maximum Gasteiger partial charge on any atom is 0.0800 e. The van der Waals surface area contributed by atoms with Crippen molar-refractivity contribution in [3.05, 3.63) is 89.0 Å². The molecule has 0 saturated heterocycles. The van der Waals surface area contributed by atoms with Gasteiger partial charge in [0.2, 0.25) is 0 Å². The summed E-state index contributed by atoms with van der Waals surface area (Å²) in [5.41, 5.74) is 8.32. The summed E-state index contributed by atoms with van der Waals surface area (Å²) < 4.78 is 2.14. The van der Waals surface area contributed by atoms with Crippen molar-refractivity contribution < 1.29 is 5.11 Å². The van der Waals surface area contributed by atoms with E-state index in [0.29, 0.717) is 19.0 Å². The van der Waals surface area contributed by atoms with Crippen molar-refractivity contribution in [2.75, 3.05) is 20.1 Å². The van der Waals surface area contributed by atoms with Gasteiger partial charge < -0.3 is 10.4 Å². The van der Waals surface area contributed by atoms with Crippen molar-refractivity contribution in [3.63, 3.8) is 0 Å². The van der Waals surface area contributed by atoms with Crippen LogP contribution in [-0.4, -0.2) is 41.2 Å². The number of nitrogens with zero attached hydrogens (tertiary/aromatic N) is 1. The zero-order valence-electron chi connectivity index (χ0n) is 23.3. The molecular formula is C33H44N2OS. The minimum Gasteiger partial charge on any atom is -0.390 e. The van der Waals surface area contributed by atoms with Crippen LogP contribution in [0.1, 0.15) is 55.9 Å². The summed E-state index contributed by atoms with van der Waals surface area (Å²) in [6, 6.07) is 24.4. The molecule has 0 heterocycles. The molecule has 0 aromatic heterocycles. The number of rotatable bonds is 12. The molecule has 1 unspecified atom stereocenters. The van der Waals surface area contributed by atoms with Crippen molar-refractivity contribution in [1.82, 2.24) is 9.62 Å². The fourth-order valence-corrected chi connectivity index (χ4v) is 6.64. The Labute approximate surface area is 228 Å². The number of aliphatic hydroxyl groups is 1. The SMILES string of the molecule is CCCc1ccc(-c2cccc(SN(C)CC(O)CNC(C)(C)CC3Cc4ccccc4C3)c2)cc1C. The third-order valence-electron chi connectivity index (χ3n) is 7.51. The standard InChI is InChI=1S/C33H44N2OS/c1-6-10-26-15-16-30(17-24(26)2)29-13-9-14-32(20-29)37-35(5)23-31(36)22-34-33(3,4)21-25-18-27-11-7-8-12-28(27)19-25/h7-9,11-17,20,25,31,34,36H,6,10,18-19,21-23H2,1-5H3. The highest BCUT2D eigenvalue weighted by molar-refractivity contribution is 7.97. The third-order valence-corrected chi connectivity index (χ3v) is 8.43. The van der Waals surface area contributed by atoms with E-state index in [0.717, 1.165) is 12.8 Å². The van der Waals surface area contributed by atoms with Gasteiger partial charge in [0.05, 0.1) is 6.10 Å². The number of aliphatic hydroxyl groups excluding tert-OH is 1. The van der Waals surface area contributed by atoms with Gasteiger partial charge >= 0.3 is 0 Å². The van der Waals surface area contributed by atoms with Crippen molar-refractivity contribution >= 4 is 11.9 Å². The van der Waals surface area contributed by atoms with Crippen LogP contribution in [0.5, 0.6) is 0 Å². The molecule has 0 radical (unpaired) electrons. The number of aryl methyl sites for hydroxylation is 2. The van der Waals surface area contributed by atoms with E-state index in [9.17, 15) is 5.11 Å². The molecule has 0 spiro atoms. The van der Waals surface area contributed by atoms with Gasteiger partial charge in [0.1, 0.15) is 0 Å². The zero-order valence-corrected chi connectivity index (χ0v) is 24.1. The summed E-state index contributed by atoms with van der Waals surface area (Å²) in [6.45, 7) is 10.2. The molecule has 3 aromatic rings. The van der Waals surface area contributed by atoms with Gasteiger partial charge in [-0.05, 0) is 117 Å². The Hall–Kier alpha value is -2.11. The van der Waals surface area contributed by atoms with Crippen molar-refractivity contribution in [2.45, 2.75) is 76.3 Å². The molecular weight excluding hydrogens is 472 g/mol. The fraction of sp³-hybridized carbons (Fsp3) is 0.455. The van der Waals surface area contributed by atoms with Crippen molar-refractivity contribution in [1.29, 1.82) is 0 Å². The third kappa shape index (κ3) is 7.94. The molecule has 3 aromatic carbocycles. The van der Waals surface area contributed by atoms with E-state index >= 15 is 0 Å². The molecule has 1 atom stereocenters. The average Bonchev–Trinajstić information content (AvgIpc) is 3.26. The Morgan fingerprint density at radius 1 is 1.00 bits per heavy atom. The fourth-order valence-electron chi connectivity index (χ4n) is 5.72. The molecule has 0 amide bonds. The van der Waals surface area contributed by atoms with Crippen LogP contribution in [0, 0.1) is 12.8 Å². The van der Waals surface area contributed by atoms with Crippen LogP contribution in [-0.2, 0) is 19.3 Å². The molecule has 3 nitrogen and oxygen atoms in total. The summed E-state index contributed by atoms with van der Waals surface area (Å²) >= 11 is 1.69. The Balaban J connectivity index is 1.25. The van der Waals surface area contributed by atoms with Crippen molar-refractivity contribution in [3.8, 4) is 11.1 Å². The molecule has 4 rings (SSSR count). The van der Waals surface area contributed by atoms with Crippen LogP contribution in [0.25, 0.3) is 11.1 Å². The van der Waals surface area contributed by atoms with Crippen molar-refractivity contribution in [2.24, 2.45) is 5.92 Å². The molecule has 37 heavy (non-hydrogen) atoms. The van der Waals surface area contributed by atoms with Crippen LogP contribution in [0.2, 0.25) is 0 Å². The number of likely N-dealkylation sites (N-methyl/N-ethyl adjacent to an activating group) is 1. The summed E-state index contributed by atoms with van der Waals surface area (Å²) in [4.78, 5) is 1.19. The first-order valence-corrected chi connectivity index (χ1v) is 14.6. The molecule has 4 heteroatoms. The smallest absolute Gasteiger partial charge is 0.0800 e.